The number of aryl methyl sites for hydroxylation is 1. The fourth-order valence-corrected chi connectivity index (χ4v) is 3.92. The number of anilines is 2. The second-order valence-electron chi connectivity index (χ2n) is 8.33. The molecule has 160 valence electrons. The number of halogens is 1. The van der Waals surface area contributed by atoms with Crippen LogP contribution in [-0.2, 0) is 4.79 Å². The highest BCUT2D eigenvalue weighted by molar-refractivity contribution is 6.12. The average molecular weight is 411 g/mol. The van der Waals surface area contributed by atoms with Gasteiger partial charge in [-0.1, -0.05) is 0 Å². The van der Waals surface area contributed by atoms with Crippen LogP contribution in [0.2, 0.25) is 0 Å². The summed E-state index contributed by atoms with van der Waals surface area (Å²) in [6, 6.07) is 11.3. The first-order valence-corrected chi connectivity index (χ1v) is 10.5. The second kappa shape index (κ2) is 9.39. The van der Waals surface area contributed by atoms with Gasteiger partial charge in [0.25, 0.3) is 0 Å². The molecule has 0 spiro atoms. The van der Waals surface area contributed by atoms with Gasteiger partial charge < -0.3 is 10.6 Å². The number of carbonyl (C=O) groups is 1. The molecule has 1 unspecified atom stereocenters. The van der Waals surface area contributed by atoms with Gasteiger partial charge in [0.2, 0.25) is 5.91 Å². The molecule has 3 rings (SSSR count). The number of nitrogens with zero attached hydrogens (tertiary/aromatic N) is 2. The molecule has 1 atom stereocenters. The molecule has 1 amide bonds. The Bertz CT molecular complexity index is 931. The zero-order chi connectivity index (χ0) is 21.8. The van der Waals surface area contributed by atoms with Crippen LogP contribution in [0, 0.1) is 12.7 Å². The standard InChI is InChI=1S/C24H31FN4O/c1-15(2)29(16(3)4)11-10-26-22-9-7-19(12-17(22)5)27-14-21-20-13-18(25)6-8-23(20)28-24(21)30/h6-9,12-16,21,26H,10-11H2,1-5H3,(H,28,30). The summed E-state index contributed by atoms with van der Waals surface area (Å²) in [4.78, 5) is 19.1. The van der Waals surface area contributed by atoms with Gasteiger partial charge in [0, 0.05) is 42.8 Å². The van der Waals surface area contributed by atoms with E-state index in [4.69, 9.17) is 0 Å². The third-order valence-corrected chi connectivity index (χ3v) is 5.48. The zero-order valence-corrected chi connectivity index (χ0v) is 18.4. The minimum Gasteiger partial charge on any atom is -0.384 e. The summed E-state index contributed by atoms with van der Waals surface area (Å²) in [6.07, 6.45) is 1.59. The molecule has 0 saturated heterocycles. The van der Waals surface area contributed by atoms with E-state index in [2.05, 4.69) is 48.2 Å². The number of hydrogen-bond acceptors (Lipinski definition) is 4. The topological polar surface area (TPSA) is 56.7 Å². The fraction of sp³-hybridized carbons (Fsp3) is 0.417. The van der Waals surface area contributed by atoms with Crippen LogP contribution < -0.4 is 10.6 Å². The van der Waals surface area contributed by atoms with E-state index in [0.717, 1.165) is 30.0 Å². The van der Waals surface area contributed by atoms with Crippen molar-refractivity contribution >= 4 is 29.2 Å². The van der Waals surface area contributed by atoms with E-state index in [0.29, 0.717) is 23.3 Å². The third kappa shape index (κ3) is 5.05. The number of hydrogen-bond donors (Lipinski definition) is 2. The molecular formula is C24H31FN4O. The maximum absolute atomic E-state index is 13.6. The highest BCUT2D eigenvalue weighted by Gasteiger charge is 2.29. The van der Waals surface area contributed by atoms with Crippen molar-refractivity contribution in [3.05, 3.63) is 53.3 Å². The van der Waals surface area contributed by atoms with Crippen LogP contribution in [0.5, 0.6) is 0 Å². The van der Waals surface area contributed by atoms with Crippen molar-refractivity contribution in [2.24, 2.45) is 4.99 Å². The average Bonchev–Trinajstić information content (AvgIpc) is 2.98. The van der Waals surface area contributed by atoms with Gasteiger partial charge in [0.05, 0.1) is 5.69 Å². The second-order valence-corrected chi connectivity index (χ2v) is 8.33. The van der Waals surface area contributed by atoms with Crippen LogP contribution >= 0.6 is 0 Å². The van der Waals surface area contributed by atoms with E-state index in [-0.39, 0.29) is 11.7 Å². The van der Waals surface area contributed by atoms with Crippen molar-refractivity contribution in [3.8, 4) is 0 Å². The van der Waals surface area contributed by atoms with Crippen LogP contribution in [0.1, 0.15) is 44.7 Å². The molecule has 5 nitrogen and oxygen atoms in total. The molecule has 0 bridgehead atoms. The fourth-order valence-electron chi connectivity index (χ4n) is 3.92. The minimum absolute atomic E-state index is 0.186. The molecular weight excluding hydrogens is 379 g/mol. The van der Waals surface area contributed by atoms with E-state index in [1.807, 2.05) is 25.1 Å². The highest BCUT2D eigenvalue weighted by atomic mass is 19.1. The van der Waals surface area contributed by atoms with Crippen LogP contribution in [0.15, 0.2) is 41.4 Å². The number of rotatable bonds is 8. The summed E-state index contributed by atoms with van der Waals surface area (Å²) >= 11 is 0. The maximum atomic E-state index is 13.6. The Morgan fingerprint density at radius 3 is 2.57 bits per heavy atom. The van der Waals surface area contributed by atoms with Gasteiger partial charge in [-0.05, 0) is 82.1 Å². The third-order valence-electron chi connectivity index (χ3n) is 5.48. The molecule has 2 aromatic carbocycles. The summed E-state index contributed by atoms with van der Waals surface area (Å²) < 4.78 is 13.6. The van der Waals surface area contributed by atoms with Crippen molar-refractivity contribution in [2.75, 3.05) is 23.7 Å². The summed E-state index contributed by atoms with van der Waals surface area (Å²) in [5.41, 5.74) is 4.20. The molecule has 1 heterocycles. The monoisotopic (exact) mass is 410 g/mol. The molecule has 2 aromatic rings. The summed E-state index contributed by atoms with van der Waals surface area (Å²) in [6.45, 7) is 12.7. The Morgan fingerprint density at radius 2 is 1.90 bits per heavy atom. The molecule has 1 aliphatic heterocycles. The molecule has 30 heavy (non-hydrogen) atoms. The quantitative estimate of drug-likeness (QED) is 0.595. The molecule has 2 N–H and O–H groups in total. The molecule has 1 aliphatic rings. The van der Waals surface area contributed by atoms with Gasteiger partial charge in [0.15, 0.2) is 0 Å². The molecule has 6 heteroatoms. The van der Waals surface area contributed by atoms with Gasteiger partial charge in [-0.2, -0.15) is 0 Å². The predicted molar refractivity (Wildman–Crippen MR) is 123 cm³/mol. The Labute approximate surface area is 178 Å². The Balaban J connectivity index is 1.65. The lowest BCUT2D eigenvalue weighted by atomic mass is 10.0. The van der Waals surface area contributed by atoms with Gasteiger partial charge in [0.1, 0.15) is 11.7 Å². The van der Waals surface area contributed by atoms with E-state index in [9.17, 15) is 9.18 Å². The molecule has 0 saturated carbocycles. The van der Waals surface area contributed by atoms with Gasteiger partial charge in [-0.15, -0.1) is 0 Å². The molecule has 0 radical (unpaired) electrons. The maximum Gasteiger partial charge on any atom is 0.237 e. The first-order valence-electron chi connectivity index (χ1n) is 10.5. The predicted octanol–water partition coefficient (Wildman–Crippen LogP) is 5.10. The summed E-state index contributed by atoms with van der Waals surface area (Å²) in [5.74, 6) is -1.12. The molecule has 0 fully saturated rings. The number of amides is 1. The minimum atomic E-state index is -0.577. The smallest absolute Gasteiger partial charge is 0.237 e. The number of carbonyl (C=O) groups excluding carboxylic acids is 1. The Morgan fingerprint density at radius 1 is 1.17 bits per heavy atom. The number of benzene rings is 2. The van der Waals surface area contributed by atoms with Crippen LogP contribution in [0.4, 0.5) is 21.5 Å². The largest absolute Gasteiger partial charge is 0.384 e. The normalized spacial score (nSPS) is 16.0. The van der Waals surface area contributed by atoms with Crippen molar-refractivity contribution in [1.29, 1.82) is 0 Å². The lowest BCUT2D eigenvalue weighted by Crippen LogP contribution is -2.40. The van der Waals surface area contributed by atoms with E-state index in [1.54, 1.807) is 12.3 Å². The first kappa shape index (κ1) is 22.0. The Hall–Kier alpha value is -2.73. The molecule has 0 aliphatic carbocycles. The van der Waals surface area contributed by atoms with Crippen molar-refractivity contribution < 1.29 is 9.18 Å². The summed E-state index contributed by atoms with van der Waals surface area (Å²) in [7, 11) is 0. The Kier molecular flexibility index (Phi) is 6.87. The lowest BCUT2D eigenvalue weighted by molar-refractivity contribution is -0.115. The van der Waals surface area contributed by atoms with Gasteiger partial charge in [-0.25, -0.2) is 4.39 Å². The first-order chi connectivity index (χ1) is 14.3. The van der Waals surface area contributed by atoms with Crippen molar-refractivity contribution in [1.82, 2.24) is 4.90 Å². The molecule has 0 aromatic heterocycles. The number of aliphatic imine (C=N–C) groups is 1. The number of fused-ring (bicyclic) bond motifs is 1. The van der Waals surface area contributed by atoms with E-state index < -0.39 is 5.92 Å². The summed E-state index contributed by atoms with van der Waals surface area (Å²) in [5, 5.41) is 6.27. The van der Waals surface area contributed by atoms with Crippen molar-refractivity contribution in [3.63, 3.8) is 0 Å². The van der Waals surface area contributed by atoms with Crippen molar-refractivity contribution in [2.45, 2.75) is 52.6 Å². The van der Waals surface area contributed by atoms with E-state index in [1.165, 1.54) is 12.1 Å². The van der Waals surface area contributed by atoms with E-state index >= 15 is 0 Å². The SMILES string of the molecule is Cc1cc(N=CC2C(=O)Nc3ccc(F)cc32)ccc1NCCN(C(C)C)C(C)C. The van der Waals surface area contributed by atoms with Crippen LogP contribution in [-0.4, -0.2) is 42.2 Å². The van der Waals surface area contributed by atoms with Gasteiger partial charge in [-0.3, -0.25) is 14.7 Å². The highest BCUT2D eigenvalue weighted by Crippen LogP contribution is 2.32. The lowest BCUT2D eigenvalue weighted by Gasteiger charge is -2.30. The zero-order valence-electron chi connectivity index (χ0n) is 18.4. The van der Waals surface area contributed by atoms with Crippen LogP contribution in [0.3, 0.4) is 0 Å². The number of nitrogens with one attached hydrogen (secondary N) is 2. The van der Waals surface area contributed by atoms with Crippen LogP contribution in [0.25, 0.3) is 0 Å². The van der Waals surface area contributed by atoms with Gasteiger partial charge >= 0.3 is 0 Å².